The number of pyridine rings is 1. The highest BCUT2D eigenvalue weighted by Gasteiger charge is 2.31. The fourth-order valence-corrected chi connectivity index (χ4v) is 3.22. The zero-order valence-corrected chi connectivity index (χ0v) is 21.3. The number of halogens is 3. The predicted octanol–water partition coefficient (Wildman–Crippen LogP) is 4.51. The van der Waals surface area contributed by atoms with Crippen molar-refractivity contribution >= 4 is 17.7 Å². The average molecular weight is 522 g/mol. The fraction of sp³-hybridized carbons (Fsp3) is 0.667. The van der Waals surface area contributed by atoms with Crippen molar-refractivity contribution in [2.75, 3.05) is 20.5 Å². The number of methoxy groups -OCH3 is 1. The van der Waals surface area contributed by atoms with Gasteiger partial charge in [0.1, 0.15) is 6.10 Å². The molecule has 3 atom stereocenters. The van der Waals surface area contributed by atoms with Gasteiger partial charge in [-0.1, -0.05) is 20.8 Å². The molecular formula is C24H34F3NO8. The number of hydrogen-bond acceptors (Lipinski definition) is 9. The highest BCUT2D eigenvalue weighted by atomic mass is 19.4. The second kappa shape index (κ2) is 14.6. The Kier molecular flexibility index (Phi) is 12.6. The van der Waals surface area contributed by atoms with Gasteiger partial charge in [0.15, 0.2) is 23.0 Å². The van der Waals surface area contributed by atoms with Crippen LogP contribution < -0.4 is 9.47 Å². The number of nitrogens with zero attached hydrogens (tertiary/aromatic N) is 1. The standard InChI is InChI=1S/C24H34F3NO8/c1-14(2)21(16(4)33-11-7-9-24(25,26)27)36-23(31)15(3)12-18(30)20-22(35-13-34-17(5)29)19(32-6)8-10-28-20/h8,10,14-16,21H,7,9,11-13H2,1-6H3/t15-,16+,21-/m1/s1. The molecule has 12 heteroatoms. The molecule has 0 aromatic carbocycles. The molecule has 0 aliphatic carbocycles. The van der Waals surface area contributed by atoms with Crippen LogP contribution in [0.15, 0.2) is 12.3 Å². The molecule has 1 heterocycles. The van der Waals surface area contributed by atoms with Crippen LogP contribution in [0.4, 0.5) is 13.2 Å². The molecule has 204 valence electrons. The Morgan fingerprint density at radius 1 is 1.11 bits per heavy atom. The van der Waals surface area contributed by atoms with E-state index in [1.165, 1.54) is 33.2 Å². The highest BCUT2D eigenvalue weighted by Crippen LogP contribution is 2.31. The number of Topliss-reactive ketones (excluding diaryl/α,β-unsaturated/α-hetero) is 1. The molecule has 0 aliphatic rings. The van der Waals surface area contributed by atoms with E-state index in [-0.39, 0.29) is 42.6 Å². The SMILES string of the molecule is COc1ccnc(C(=O)C[C@@H](C)C(=O)O[C@H](C(C)C)[C@H](C)OCCCC(F)(F)F)c1OCOC(C)=O. The summed E-state index contributed by atoms with van der Waals surface area (Å²) in [5.74, 6) is -2.69. The van der Waals surface area contributed by atoms with Crippen molar-refractivity contribution in [3.8, 4) is 11.5 Å². The van der Waals surface area contributed by atoms with Crippen LogP contribution in [0, 0.1) is 11.8 Å². The predicted molar refractivity (Wildman–Crippen MR) is 122 cm³/mol. The molecule has 0 aliphatic heterocycles. The molecule has 36 heavy (non-hydrogen) atoms. The van der Waals surface area contributed by atoms with Crippen LogP contribution >= 0.6 is 0 Å². The van der Waals surface area contributed by atoms with E-state index >= 15 is 0 Å². The van der Waals surface area contributed by atoms with Crippen LogP contribution in [0.3, 0.4) is 0 Å². The summed E-state index contributed by atoms with van der Waals surface area (Å²) < 4.78 is 63.3. The van der Waals surface area contributed by atoms with Crippen LogP contribution in [0.25, 0.3) is 0 Å². The molecule has 0 spiro atoms. The third-order valence-corrected chi connectivity index (χ3v) is 5.07. The summed E-state index contributed by atoms with van der Waals surface area (Å²) in [6, 6.07) is 1.46. The first-order chi connectivity index (χ1) is 16.8. The van der Waals surface area contributed by atoms with E-state index in [4.69, 9.17) is 23.7 Å². The maximum atomic E-state index is 12.9. The fourth-order valence-electron chi connectivity index (χ4n) is 3.22. The second-order valence-corrected chi connectivity index (χ2v) is 8.56. The van der Waals surface area contributed by atoms with E-state index in [2.05, 4.69) is 4.98 Å². The number of aromatic nitrogens is 1. The largest absolute Gasteiger partial charge is 0.493 e. The lowest BCUT2D eigenvalue weighted by atomic mass is 10.00. The average Bonchev–Trinajstić information content (AvgIpc) is 2.78. The summed E-state index contributed by atoms with van der Waals surface area (Å²) in [5, 5.41) is 0. The van der Waals surface area contributed by atoms with Crippen molar-refractivity contribution in [2.45, 2.75) is 72.3 Å². The third-order valence-electron chi connectivity index (χ3n) is 5.07. The maximum Gasteiger partial charge on any atom is 0.389 e. The molecule has 9 nitrogen and oxygen atoms in total. The zero-order chi connectivity index (χ0) is 27.5. The molecule has 0 fully saturated rings. The van der Waals surface area contributed by atoms with Crippen molar-refractivity contribution in [3.05, 3.63) is 18.0 Å². The van der Waals surface area contributed by atoms with Crippen LogP contribution in [-0.4, -0.2) is 61.6 Å². The first-order valence-corrected chi connectivity index (χ1v) is 11.5. The summed E-state index contributed by atoms with van der Waals surface area (Å²) >= 11 is 0. The highest BCUT2D eigenvalue weighted by molar-refractivity contribution is 5.99. The van der Waals surface area contributed by atoms with E-state index in [1.54, 1.807) is 20.8 Å². The van der Waals surface area contributed by atoms with Crippen LogP contribution in [0.1, 0.15) is 64.4 Å². The van der Waals surface area contributed by atoms with E-state index in [9.17, 15) is 27.6 Å². The summed E-state index contributed by atoms with van der Waals surface area (Å²) in [7, 11) is 1.36. The van der Waals surface area contributed by atoms with Crippen LogP contribution in [0.5, 0.6) is 11.5 Å². The number of carbonyl (C=O) groups excluding carboxylic acids is 3. The Bertz CT molecular complexity index is 875. The minimum atomic E-state index is -4.26. The van der Waals surface area contributed by atoms with Gasteiger partial charge in [-0.2, -0.15) is 13.2 Å². The first-order valence-electron chi connectivity index (χ1n) is 11.5. The summed E-state index contributed by atoms with van der Waals surface area (Å²) in [6.45, 7) is 7.30. The molecule has 0 bridgehead atoms. The van der Waals surface area contributed by atoms with Gasteiger partial charge in [0.05, 0.1) is 19.1 Å². The van der Waals surface area contributed by atoms with Crippen molar-refractivity contribution in [3.63, 3.8) is 0 Å². The monoisotopic (exact) mass is 521 g/mol. The lowest BCUT2D eigenvalue weighted by Gasteiger charge is -2.28. The molecular weight excluding hydrogens is 487 g/mol. The topological polar surface area (TPSA) is 110 Å². The Morgan fingerprint density at radius 2 is 1.78 bits per heavy atom. The lowest BCUT2D eigenvalue weighted by molar-refractivity contribution is -0.166. The smallest absolute Gasteiger partial charge is 0.389 e. The summed E-state index contributed by atoms with van der Waals surface area (Å²) in [4.78, 5) is 40.7. The minimum absolute atomic E-state index is 0.0345. The zero-order valence-electron chi connectivity index (χ0n) is 21.3. The Hall–Kier alpha value is -2.89. The number of esters is 2. The number of carbonyl (C=O) groups is 3. The Balaban J connectivity index is 2.81. The molecule has 1 rings (SSSR count). The van der Waals surface area contributed by atoms with E-state index < -0.39 is 55.2 Å². The van der Waals surface area contributed by atoms with Gasteiger partial charge in [-0.15, -0.1) is 0 Å². The maximum absolute atomic E-state index is 12.9. The first kappa shape index (κ1) is 31.1. The van der Waals surface area contributed by atoms with Crippen molar-refractivity contribution in [2.24, 2.45) is 11.8 Å². The molecule has 0 saturated carbocycles. The van der Waals surface area contributed by atoms with Gasteiger partial charge in [-0.3, -0.25) is 14.4 Å². The van der Waals surface area contributed by atoms with Gasteiger partial charge in [-0.25, -0.2) is 4.98 Å². The van der Waals surface area contributed by atoms with Crippen LogP contribution in [-0.2, 0) is 23.8 Å². The van der Waals surface area contributed by atoms with Crippen molar-refractivity contribution < 1.29 is 51.2 Å². The molecule has 1 aromatic heterocycles. The molecule has 0 saturated heterocycles. The lowest BCUT2D eigenvalue weighted by Crippen LogP contribution is -2.37. The van der Waals surface area contributed by atoms with Gasteiger partial charge in [-0.05, 0) is 19.3 Å². The summed E-state index contributed by atoms with van der Waals surface area (Å²) in [6.07, 6.45) is -5.73. The van der Waals surface area contributed by atoms with Gasteiger partial charge in [0, 0.05) is 38.6 Å². The minimum Gasteiger partial charge on any atom is -0.493 e. The number of ether oxygens (including phenoxy) is 5. The van der Waals surface area contributed by atoms with Gasteiger partial charge >= 0.3 is 18.1 Å². The number of hydrogen-bond donors (Lipinski definition) is 0. The quantitative estimate of drug-likeness (QED) is 0.142. The molecule has 0 unspecified atom stereocenters. The van der Waals surface area contributed by atoms with Crippen molar-refractivity contribution in [1.29, 1.82) is 0 Å². The van der Waals surface area contributed by atoms with Crippen molar-refractivity contribution in [1.82, 2.24) is 4.98 Å². The van der Waals surface area contributed by atoms with Gasteiger partial charge in [0.25, 0.3) is 0 Å². The Labute approximate surface area is 208 Å². The summed E-state index contributed by atoms with van der Waals surface area (Å²) in [5.41, 5.74) is -0.108. The second-order valence-electron chi connectivity index (χ2n) is 8.56. The number of alkyl halides is 3. The van der Waals surface area contributed by atoms with E-state index in [0.29, 0.717) is 0 Å². The van der Waals surface area contributed by atoms with E-state index in [0.717, 1.165) is 0 Å². The molecule has 1 aromatic rings. The van der Waals surface area contributed by atoms with Gasteiger partial charge < -0.3 is 23.7 Å². The normalized spacial score (nSPS) is 14.1. The molecule has 0 radical (unpaired) electrons. The number of ketones is 1. The van der Waals surface area contributed by atoms with Gasteiger partial charge in [0.2, 0.25) is 6.79 Å². The third kappa shape index (κ3) is 10.8. The molecule has 0 N–H and O–H groups in total. The number of rotatable bonds is 15. The Morgan fingerprint density at radius 3 is 2.33 bits per heavy atom. The van der Waals surface area contributed by atoms with E-state index in [1.807, 2.05) is 0 Å². The molecule has 0 amide bonds. The van der Waals surface area contributed by atoms with Crippen LogP contribution in [0.2, 0.25) is 0 Å².